The van der Waals surface area contributed by atoms with Gasteiger partial charge in [-0.25, -0.2) is 0 Å². The molecule has 0 spiro atoms. The first-order valence-corrected chi connectivity index (χ1v) is 9.95. The van der Waals surface area contributed by atoms with Crippen LogP contribution in [0.3, 0.4) is 0 Å². The SMILES string of the molecule is COc1ccc(N2C[C@@H](C(=O)NC3CCCCCCC3)CC2=O)c(OC)c1. The third-order valence-electron chi connectivity index (χ3n) is 5.63. The smallest absolute Gasteiger partial charge is 0.227 e. The maximum Gasteiger partial charge on any atom is 0.227 e. The summed E-state index contributed by atoms with van der Waals surface area (Å²) >= 11 is 0. The largest absolute Gasteiger partial charge is 0.497 e. The molecule has 2 amide bonds. The van der Waals surface area contributed by atoms with Gasteiger partial charge in [0, 0.05) is 25.1 Å². The molecule has 27 heavy (non-hydrogen) atoms. The molecule has 1 heterocycles. The number of nitrogens with zero attached hydrogens (tertiary/aromatic N) is 1. The number of hydrogen-bond donors (Lipinski definition) is 1. The van der Waals surface area contributed by atoms with E-state index in [1.807, 2.05) is 6.07 Å². The third kappa shape index (κ3) is 4.73. The predicted octanol–water partition coefficient (Wildman–Crippen LogP) is 3.29. The molecule has 0 aromatic heterocycles. The van der Waals surface area contributed by atoms with Crippen molar-refractivity contribution < 1.29 is 19.1 Å². The van der Waals surface area contributed by atoms with Crippen LogP contribution in [0.2, 0.25) is 0 Å². The first kappa shape index (κ1) is 19.5. The van der Waals surface area contributed by atoms with Crippen LogP contribution >= 0.6 is 0 Å². The Morgan fingerprint density at radius 2 is 1.78 bits per heavy atom. The zero-order valence-corrected chi connectivity index (χ0v) is 16.3. The van der Waals surface area contributed by atoms with Crippen LogP contribution in [0, 0.1) is 5.92 Å². The summed E-state index contributed by atoms with van der Waals surface area (Å²) in [6, 6.07) is 5.61. The number of carbonyl (C=O) groups excluding carboxylic acids is 2. The summed E-state index contributed by atoms with van der Waals surface area (Å²) in [6.45, 7) is 0.389. The van der Waals surface area contributed by atoms with E-state index >= 15 is 0 Å². The first-order valence-electron chi connectivity index (χ1n) is 9.95. The Kier molecular flexibility index (Phi) is 6.58. The van der Waals surface area contributed by atoms with Gasteiger partial charge in [0.25, 0.3) is 0 Å². The van der Waals surface area contributed by atoms with E-state index in [0.29, 0.717) is 23.7 Å². The summed E-state index contributed by atoms with van der Waals surface area (Å²) in [7, 11) is 3.16. The lowest BCUT2D eigenvalue weighted by Gasteiger charge is -2.23. The maximum atomic E-state index is 12.7. The molecule has 6 heteroatoms. The van der Waals surface area contributed by atoms with Crippen molar-refractivity contribution in [3.8, 4) is 11.5 Å². The standard InChI is InChI=1S/C21H30N2O4/c1-26-17-10-11-18(19(13-17)27-2)23-14-15(12-20(23)24)21(25)22-16-8-6-4-3-5-7-9-16/h10-11,13,15-16H,3-9,12,14H2,1-2H3,(H,22,25)/t15-/m0/s1. The van der Waals surface area contributed by atoms with E-state index in [-0.39, 0.29) is 30.2 Å². The van der Waals surface area contributed by atoms with E-state index in [9.17, 15) is 9.59 Å². The number of carbonyl (C=O) groups is 2. The fourth-order valence-electron chi connectivity index (χ4n) is 4.04. The second-order valence-corrected chi connectivity index (χ2v) is 7.49. The van der Waals surface area contributed by atoms with Gasteiger partial charge in [-0.3, -0.25) is 9.59 Å². The molecule has 2 fully saturated rings. The van der Waals surface area contributed by atoms with Crippen LogP contribution in [0.1, 0.15) is 51.4 Å². The molecule has 1 aliphatic carbocycles. The van der Waals surface area contributed by atoms with Crippen molar-refractivity contribution in [3.63, 3.8) is 0 Å². The molecule has 0 bridgehead atoms. The number of nitrogens with one attached hydrogen (secondary N) is 1. The number of rotatable bonds is 5. The lowest BCUT2D eigenvalue weighted by molar-refractivity contribution is -0.127. The molecule has 0 radical (unpaired) electrons. The topological polar surface area (TPSA) is 67.9 Å². The molecular formula is C21H30N2O4. The second-order valence-electron chi connectivity index (χ2n) is 7.49. The van der Waals surface area contributed by atoms with Gasteiger partial charge in [0.15, 0.2) is 0 Å². The number of methoxy groups -OCH3 is 2. The number of hydrogen-bond acceptors (Lipinski definition) is 4. The van der Waals surface area contributed by atoms with E-state index in [0.717, 1.165) is 12.8 Å². The van der Waals surface area contributed by atoms with Crippen LogP contribution in [0.15, 0.2) is 18.2 Å². The highest BCUT2D eigenvalue weighted by atomic mass is 16.5. The minimum absolute atomic E-state index is 0.00361. The maximum absolute atomic E-state index is 12.7. The fraction of sp³-hybridized carbons (Fsp3) is 0.619. The van der Waals surface area contributed by atoms with Gasteiger partial charge in [-0.1, -0.05) is 32.1 Å². The molecular weight excluding hydrogens is 344 g/mol. The van der Waals surface area contributed by atoms with Gasteiger partial charge < -0.3 is 19.7 Å². The van der Waals surface area contributed by atoms with Gasteiger partial charge in [0.05, 0.1) is 25.8 Å². The minimum Gasteiger partial charge on any atom is -0.497 e. The average Bonchev–Trinajstić information content (AvgIpc) is 3.04. The summed E-state index contributed by atoms with van der Waals surface area (Å²) in [5.74, 6) is 0.888. The molecule has 1 aromatic carbocycles. The van der Waals surface area contributed by atoms with Crippen molar-refractivity contribution in [3.05, 3.63) is 18.2 Å². The number of benzene rings is 1. The number of ether oxygens (including phenoxy) is 2. The highest BCUT2D eigenvalue weighted by molar-refractivity contribution is 6.01. The van der Waals surface area contributed by atoms with Crippen molar-refractivity contribution in [1.29, 1.82) is 0 Å². The molecule has 1 saturated heterocycles. The highest BCUT2D eigenvalue weighted by Gasteiger charge is 2.37. The van der Waals surface area contributed by atoms with E-state index < -0.39 is 0 Å². The lowest BCUT2D eigenvalue weighted by atomic mass is 9.96. The Morgan fingerprint density at radius 3 is 2.44 bits per heavy atom. The normalized spacial score (nSPS) is 21.5. The lowest BCUT2D eigenvalue weighted by Crippen LogP contribution is -2.40. The van der Waals surface area contributed by atoms with Crippen molar-refractivity contribution >= 4 is 17.5 Å². The Labute approximate surface area is 161 Å². The molecule has 6 nitrogen and oxygen atoms in total. The second kappa shape index (κ2) is 9.11. The molecule has 1 atom stereocenters. The van der Waals surface area contributed by atoms with Crippen LogP contribution in [0.5, 0.6) is 11.5 Å². The van der Waals surface area contributed by atoms with Gasteiger partial charge in [0.1, 0.15) is 11.5 Å². The monoisotopic (exact) mass is 374 g/mol. The number of anilines is 1. The van der Waals surface area contributed by atoms with E-state index in [2.05, 4.69) is 5.32 Å². The van der Waals surface area contributed by atoms with Crippen LogP contribution in [-0.4, -0.2) is 38.6 Å². The van der Waals surface area contributed by atoms with Crippen LogP contribution < -0.4 is 19.7 Å². The first-order chi connectivity index (χ1) is 13.1. The molecule has 148 valence electrons. The zero-order valence-electron chi connectivity index (χ0n) is 16.3. The molecule has 1 N–H and O–H groups in total. The Hall–Kier alpha value is -2.24. The summed E-state index contributed by atoms with van der Waals surface area (Å²) in [5.41, 5.74) is 0.685. The van der Waals surface area contributed by atoms with Gasteiger partial charge in [0.2, 0.25) is 11.8 Å². The van der Waals surface area contributed by atoms with E-state index in [1.165, 1.54) is 32.1 Å². The molecule has 1 saturated carbocycles. The summed E-state index contributed by atoms with van der Waals surface area (Å²) in [4.78, 5) is 27.0. The van der Waals surface area contributed by atoms with Crippen molar-refractivity contribution in [2.75, 3.05) is 25.7 Å². The van der Waals surface area contributed by atoms with Crippen molar-refractivity contribution in [2.24, 2.45) is 5.92 Å². The Bertz CT molecular complexity index is 668. The van der Waals surface area contributed by atoms with Gasteiger partial charge in [-0.15, -0.1) is 0 Å². The van der Waals surface area contributed by atoms with Crippen LogP contribution in [-0.2, 0) is 9.59 Å². The summed E-state index contributed by atoms with van der Waals surface area (Å²) in [6.07, 6.45) is 8.47. The van der Waals surface area contributed by atoms with Crippen LogP contribution in [0.25, 0.3) is 0 Å². The molecule has 3 rings (SSSR count). The minimum atomic E-state index is -0.310. The highest BCUT2D eigenvalue weighted by Crippen LogP contribution is 2.35. The molecule has 0 unspecified atom stereocenters. The van der Waals surface area contributed by atoms with Gasteiger partial charge in [-0.2, -0.15) is 0 Å². The molecule has 1 aromatic rings. The number of amides is 2. The summed E-state index contributed by atoms with van der Waals surface area (Å²) in [5, 5.41) is 3.20. The van der Waals surface area contributed by atoms with Crippen molar-refractivity contribution in [1.82, 2.24) is 5.32 Å². The quantitative estimate of drug-likeness (QED) is 0.859. The van der Waals surface area contributed by atoms with E-state index in [1.54, 1.807) is 31.3 Å². The summed E-state index contributed by atoms with van der Waals surface area (Å²) < 4.78 is 10.6. The predicted molar refractivity (Wildman–Crippen MR) is 104 cm³/mol. The Morgan fingerprint density at radius 1 is 1.07 bits per heavy atom. The third-order valence-corrected chi connectivity index (χ3v) is 5.63. The van der Waals surface area contributed by atoms with Gasteiger partial charge in [-0.05, 0) is 25.0 Å². The van der Waals surface area contributed by atoms with E-state index in [4.69, 9.17) is 9.47 Å². The average molecular weight is 374 g/mol. The zero-order chi connectivity index (χ0) is 19.2. The fourth-order valence-corrected chi connectivity index (χ4v) is 4.04. The van der Waals surface area contributed by atoms with Gasteiger partial charge >= 0.3 is 0 Å². The Balaban J connectivity index is 1.65. The molecule has 1 aliphatic heterocycles. The van der Waals surface area contributed by atoms with Crippen LogP contribution in [0.4, 0.5) is 5.69 Å². The molecule has 2 aliphatic rings. The van der Waals surface area contributed by atoms with Crippen molar-refractivity contribution in [2.45, 2.75) is 57.4 Å².